The molecule has 2 rings (SSSR count). The summed E-state index contributed by atoms with van der Waals surface area (Å²) in [6, 6.07) is 6.70. The topological polar surface area (TPSA) is 86.0 Å². The highest BCUT2D eigenvalue weighted by Crippen LogP contribution is 2.26. The molecule has 0 atom stereocenters. The Morgan fingerprint density at radius 1 is 1.45 bits per heavy atom. The van der Waals surface area contributed by atoms with Crippen molar-refractivity contribution in [2.24, 2.45) is 0 Å². The Kier molecular flexibility index (Phi) is 3.82. The van der Waals surface area contributed by atoms with Gasteiger partial charge in [-0.15, -0.1) is 0 Å². The van der Waals surface area contributed by atoms with Gasteiger partial charge in [0.25, 0.3) is 0 Å². The maximum atomic E-state index is 13.0. The summed E-state index contributed by atoms with van der Waals surface area (Å²) in [5, 5.41) is 20.6. The van der Waals surface area contributed by atoms with Gasteiger partial charge in [0.1, 0.15) is 17.7 Å². The second-order valence-corrected chi connectivity index (χ2v) is 4.19. The number of nitrogens with one attached hydrogen (secondary N) is 1. The highest BCUT2D eigenvalue weighted by atomic mass is 35.5. The molecule has 7 heteroatoms. The summed E-state index contributed by atoms with van der Waals surface area (Å²) in [4.78, 5) is 14.6. The molecule has 1 heterocycles. The largest absolute Gasteiger partial charge is 0.478 e. The van der Waals surface area contributed by atoms with Crippen LogP contribution < -0.4 is 5.32 Å². The van der Waals surface area contributed by atoms with Crippen molar-refractivity contribution >= 4 is 29.1 Å². The number of carboxylic acids is 1. The van der Waals surface area contributed by atoms with Crippen LogP contribution in [0.4, 0.5) is 15.9 Å². The predicted octanol–water partition coefficient (Wildman–Crippen LogP) is 3.19. The number of hydrogen-bond acceptors (Lipinski definition) is 4. The molecule has 0 fully saturated rings. The number of rotatable bonds is 3. The second kappa shape index (κ2) is 5.55. The maximum Gasteiger partial charge on any atom is 0.337 e. The third-order valence-electron chi connectivity index (χ3n) is 2.44. The van der Waals surface area contributed by atoms with Crippen LogP contribution in [-0.4, -0.2) is 16.1 Å². The van der Waals surface area contributed by atoms with E-state index in [1.165, 1.54) is 18.2 Å². The molecule has 0 aliphatic carbocycles. The minimum Gasteiger partial charge on any atom is -0.478 e. The summed E-state index contributed by atoms with van der Waals surface area (Å²) >= 11 is 5.90. The van der Waals surface area contributed by atoms with Crippen LogP contribution in [-0.2, 0) is 0 Å². The lowest BCUT2D eigenvalue weighted by atomic mass is 10.2. The van der Waals surface area contributed by atoms with Crippen molar-refractivity contribution in [3.8, 4) is 6.07 Å². The van der Waals surface area contributed by atoms with E-state index >= 15 is 0 Å². The summed E-state index contributed by atoms with van der Waals surface area (Å²) < 4.78 is 13.0. The molecular weight excluding hydrogens is 285 g/mol. The van der Waals surface area contributed by atoms with E-state index in [4.69, 9.17) is 22.0 Å². The van der Waals surface area contributed by atoms with Gasteiger partial charge < -0.3 is 10.4 Å². The minimum atomic E-state index is -1.15. The van der Waals surface area contributed by atoms with Crippen molar-refractivity contribution in [3.63, 3.8) is 0 Å². The van der Waals surface area contributed by atoms with Gasteiger partial charge in [0, 0.05) is 6.20 Å². The molecule has 0 aliphatic rings. The zero-order valence-electron chi connectivity index (χ0n) is 9.89. The Balaban J connectivity index is 2.36. The zero-order chi connectivity index (χ0) is 14.7. The minimum absolute atomic E-state index is 0.0554. The van der Waals surface area contributed by atoms with Gasteiger partial charge in [0.05, 0.1) is 21.8 Å². The smallest absolute Gasteiger partial charge is 0.337 e. The quantitative estimate of drug-likeness (QED) is 0.907. The van der Waals surface area contributed by atoms with Gasteiger partial charge >= 0.3 is 5.97 Å². The second-order valence-electron chi connectivity index (χ2n) is 3.79. The number of nitrogens with zero attached hydrogens (tertiary/aromatic N) is 2. The highest BCUT2D eigenvalue weighted by Gasteiger charge is 2.10. The molecule has 0 saturated carbocycles. The molecule has 20 heavy (non-hydrogen) atoms. The highest BCUT2D eigenvalue weighted by molar-refractivity contribution is 6.33. The van der Waals surface area contributed by atoms with E-state index in [9.17, 15) is 9.18 Å². The monoisotopic (exact) mass is 291 g/mol. The van der Waals surface area contributed by atoms with Gasteiger partial charge in [-0.05, 0) is 24.3 Å². The average molecular weight is 292 g/mol. The van der Waals surface area contributed by atoms with E-state index in [1.54, 1.807) is 0 Å². The van der Waals surface area contributed by atoms with Crippen molar-refractivity contribution in [1.29, 1.82) is 5.26 Å². The third-order valence-corrected chi connectivity index (χ3v) is 2.73. The van der Waals surface area contributed by atoms with Crippen molar-refractivity contribution in [2.75, 3.05) is 5.32 Å². The molecule has 0 aliphatic heterocycles. The Bertz CT molecular complexity index is 728. The standard InChI is InChI=1S/C13H7ClFN3O2/c14-10-4-8(13(19)20)6-17-12(10)18-11-2-1-9(15)3-7(11)5-16/h1-4,6H,(H,17,18)(H,19,20). The lowest BCUT2D eigenvalue weighted by molar-refractivity contribution is 0.0696. The predicted molar refractivity (Wildman–Crippen MR) is 70.6 cm³/mol. The number of carboxylic acid groups (broad SMARTS) is 1. The first-order chi connectivity index (χ1) is 9.51. The number of carbonyl (C=O) groups is 1. The molecule has 0 saturated heterocycles. The van der Waals surface area contributed by atoms with E-state index < -0.39 is 11.8 Å². The van der Waals surface area contributed by atoms with Crippen molar-refractivity contribution in [2.45, 2.75) is 0 Å². The van der Waals surface area contributed by atoms with Crippen LogP contribution in [0.3, 0.4) is 0 Å². The van der Waals surface area contributed by atoms with Crippen LogP contribution in [0.1, 0.15) is 15.9 Å². The first-order valence-electron chi connectivity index (χ1n) is 5.37. The number of hydrogen-bond donors (Lipinski definition) is 2. The number of aromatic nitrogens is 1. The molecular formula is C13H7ClFN3O2. The molecule has 0 unspecified atom stereocenters. The summed E-state index contributed by atoms with van der Waals surface area (Å²) in [6.07, 6.45) is 1.13. The Morgan fingerprint density at radius 3 is 2.80 bits per heavy atom. The third kappa shape index (κ3) is 2.84. The van der Waals surface area contributed by atoms with Gasteiger partial charge in [-0.1, -0.05) is 11.6 Å². The number of pyridine rings is 1. The summed E-state index contributed by atoms with van der Waals surface area (Å²) in [5.41, 5.74) is 0.358. The molecule has 2 aromatic rings. The Hall–Kier alpha value is -2.65. The number of anilines is 2. The lowest BCUT2D eigenvalue weighted by Crippen LogP contribution is -2.01. The van der Waals surface area contributed by atoms with Gasteiger partial charge in [0.2, 0.25) is 0 Å². The fourth-order valence-electron chi connectivity index (χ4n) is 1.49. The lowest BCUT2D eigenvalue weighted by Gasteiger charge is -2.09. The summed E-state index contributed by atoms with van der Waals surface area (Å²) in [5.74, 6) is -1.50. The normalized spacial score (nSPS) is 9.85. The fraction of sp³-hybridized carbons (Fsp3) is 0. The number of benzene rings is 1. The first-order valence-corrected chi connectivity index (χ1v) is 5.74. The molecule has 5 nitrogen and oxygen atoms in total. The van der Waals surface area contributed by atoms with Crippen LogP contribution in [0, 0.1) is 17.1 Å². The molecule has 2 N–H and O–H groups in total. The summed E-state index contributed by atoms with van der Waals surface area (Å²) in [6.45, 7) is 0. The molecule has 100 valence electrons. The Labute approximate surface area is 118 Å². The molecule has 1 aromatic carbocycles. The van der Waals surface area contributed by atoms with E-state index in [2.05, 4.69) is 10.3 Å². The number of nitriles is 1. The van der Waals surface area contributed by atoms with Gasteiger partial charge in [-0.2, -0.15) is 5.26 Å². The van der Waals surface area contributed by atoms with Crippen LogP contribution in [0.25, 0.3) is 0 Å². The number of aromatic carboxylic acids is 1. The zero-order valence-corrected chi connectivity index (χ0v) is 10.6. The van der Waals surface area contributed by atoms with Gasteiger partial charge in [-0.3, -0.25) is 0 Å². The first kappa shape index (κ1) is 13.8. The van der Waals surface area contributed by atoms with Crippen molar-refractivity contribution < 1.29 is 14.3 Å². The van der Waals surface area contributed by atoms with Gasteiger partial charge in [-0.25, -0.2) is 14.2 Å². The van der Waals surface area contributed by atoms with Gasteiger partial charge in [0.15, 0.2) is 0 Å². The number of halogens is 2. The molecule has 0 spiro atoms. The fourth-order valence-corrected chi connectivity index (χ4v) is 1.71. The maximum absolute atomic E-state index is 13.0. The Morgan fingerprint density at radius 2 is 2.20 bits per heavy atom. The average Bonchev–Trinajstić information content (AvgIpc) is 2.42. The van der Waals surface area contributed by atoms with Crippen LogP contribution in [0.2, 0.25) is 5.02 Å². The SMILES string of the molecule is N#Cc1cc(F)ccc1Nc1ncc(C(=O)O)cc1Cl. The van der Waals surface area contributed by atoms with Crippen LogP contribution >= 0.6 is 11.6 Å². The summed E-state index contributed by atoms with van der Waals surface area (Å²) in [7, 11) is 0. The van der Waals surface area contributed by atoms with Crippen LogP contribution in [0.15, 0.2) is 30.5 Å². The van der Waals surface area contributed by atoms with Crippen LogP contribution in [0.5, 0.6) is 0 Å². The van der Waals surface area contributed by atoms with E-state index in [1.807, 2.05) is 6.07 Å². The van der Waals surface area contributed by atoms with Crippen molar-refractivity contribution in [1.82, 2.24) is 4.98 Å². The molecule has 0 bridgehead atoms. The van der Waals surface area contributed by atoms with E-state index in [0.29, 0.717) is 5.69 Å². The van der Waals surface area contributed by atoms with Crippen molar-refractivity contribution in [3.05, 3.63) is 52.4 Å². The van der Waals surface area contributed by atoms with E-state index in [0.717, 1.165) is 12.3 Å². The van der Waals surface area contributed by atoms with E-state index in [-0.39, 0.29) is 22.0 Å². The molecule has 0 amide bonds. The molecule has 1 aromatic heterocycles. The molecule has 0 radical (unpaired) electrons.